The summed E-state index contributed by atoms with van der Waals surface area (Å²) in [7, 11) is 1.19. The van der Waals surface area contributed by atoms with Crippen LogP contribution in [-0.4, -0.2) is 58.7 Å². The van der Waals surface area contributed by atoms with Crippen LogP contribution in [0.5, 0.6) is 0 Å². The molecule has 9 heteroatoms. The zero-order chi connectivity index (χ0) is 18.4. The number of aromatic nitrogens is 2. The highest BCUT2D eigenvalue weighted by molar-refractivity contribution is 5.97. The molecule has 25 heavy (non-hydrogen) atoms. The number of rotatable bonds is 6. The van der Waals surface area contributed by atoms with Crippen LogP contribution in [0.25, 0.3) is 11.0 Å². The summed E-state index contributed by atoms with van der Waals surface area (Å²) in [5.41, 5.74) is 1.16. The first kappa shape index (κ1) is 18.3. The predicted molar refractivity (Wildman–Crippen MR) is 87.5 cm³/mol. The molecule has 1 aromatic heterocycles. The molecule has 0 saturated carbocycles. The molecule has 132 valence electrons. The van der Waals surface area contributed by atoms with E-state index in [2.05, 4.69) is 25.3 Å². The molecule has 1 aromatic carbocycles. The van der Waals surface area contributed by atoms with Gasteiger partial charge in [-0.15, -0.1) is 0 Å². The lowest BCUT2D eigenvalue weighted by Gasteiger charge is -2.18. The van der Waals surface area contributed by atoms with Crippen molar-refractivity contribution in [3.05, 3.63) is 36.2 Å². The second kappa shape index (κ2) is 8.15. The van der Waals surface area contributed by atoms with E-state index < -0.39 is 36.5 Å². The lowest BCUT2D eigenvalue weighted by Crippen LogP contribution is -2.52. The summed E-state index contributed by atoms with van der Waals surface area (Å²) in [6.07, 6.45) is 1.28. The maximum atomic E-state index is 12.2. The largest absolute Gasteiger partial charge is 0.467 e. The van der Waals surface area contributed by atoms with Gasteiger partial charge in [0.2, 0.25) is 5.91 Å². The molecule has 1 heterocycles. The number of ether oxygens (including phenoxy) is 1. The third-order valence-electron chi connectivity index (χ3n) is 3.40. The maximum absolute atomic E-state index is 12.2. The van der Waals surface area contributed by atoms with Crippen molar-refractivity contribution in [3.8, 4) is 0 Å². The summed E-state index contributed by atoms with van der Waals surface area (Å²) < 4.78 is 4.50. The highest BCUT2D eigenvalue weighted by Crippen LogP contribution is 2.08. The lowest BCUT2D eigenvalue weighted by molar-refractivity contribution is -0.144. The van der Waals surface area contributed by atoms with E-state index in [0.717, 1.165) is 0 Å². The second-order valence-corrected chi connectivity index (χ2v) is 5.21. The number of esters is 1. The number of carbonyl (C=O) groups excluding carboxylic acids is 3. The number of nitrogens with zero attached hydrogens (tertiary/aromatic N) is 2. The van der Waals surface area contributed by atoms with Crippen molar-refractivity contribution < 1.29 is 24.2 Å². The number of amides is 2. The fourth-order valence-corrected chi connectivity index (χ4v) is 2.04. The van der Waals surface area contributed by atoms with Crippen LogP contribution in [0, 0.1) is 0 Å². The number of carbonyl (C=O) groups is 3. The van der Waals surface area contributed by atoms with Crippen LogP contribution in [0.4, 0.5) is 0 Å². The molecular formula is C16H18N4O5. The number of hydrogen-bond donors (Lipinski definition) is 3. The Kier molecular flexibility index (Phi) is 5.96. The van der Waals surface area contributed by atoms with Gasteiger partial charge in [0.1, 0.15) is 17.8 Å². The summed E-state index contributed by atoms with van der Waals surface area (Å²) in [4.78, 5) is 43.9. The van der Waals surface area contributed by atoms with Crippen LogP contribution in [0.15, 0.2) is 30.5 Å². The van der Waals surface area contributed by atoms with Crippen molar-refractivity contribution >= 4 is 28.8 Å². The van der Waals surface area contributed by atoms with E-state index in [9.17, 15) is 19.5 Å². The van der Waals surface area contributed by atoms with Crippen LogP contribution >= 0.6 is 0 Å². The van der Waals surface area contributed by atoms with Crippen molar-refractivity contribution in [1.82, 2.24) is 20.6 Å². The van der Waals surface area contributed by atoms with E-state index in [0.29, 0.717) is 11.0 Å². The number of nitrogens with one attached hydrogen (secondary N) is 2. The number of para-hydroxylation sites is 2. The fraction of sp³-hybridized carbons (Fsp3) is 0.312. The predicted octanol–water partition coefficient (Wildman–Crippen LogP) is -0.602. The number of hydrogen-bond acceptors (Lipinski definition) is 7. The lowest BCUT2D eigenvalue weighted by atomic mass is 10.2. The van der Waals surface area contributed by atoms with Gasteiger partial charge in [0.25, 0.3) is 5.91 Å². The summed E-state index contributed by atoms with van der Waals surface area (Å²) in [6.45, 7) is 0.779. The van der Waals surface area contributed by atoms with Crippen LogP contribution in [0.3, 0.4) is 0 Å². The van der Waals surface area contributed by atoms with E-state index in [4.69, 9.17) is 0 Å². The number of aliphatic hydroxyl groups is 1. The minimum Gasteiger partial charge on any atom is -0.467 e. The Bertz CT molecular complexity index is 795. The Morgan fingerprint density at radius 2 is 1.88 bits per heavy atom. The van der Waals surface area contributed by atoms with Crippen LogP contribution in [0.2, 0.25) is 0 Å². The van der Waals surface area contributed by atoms with Gasteiger partial charge in [-0.1, -0.05) is 12.1 Å². The van der Waals surface area contributed by atoms with Gasteiger partial charge in [0.05, 0.1) is 30.9 Å². The standard InChI is InChI=1S/C16H18N4O5/c1-9(16(24)25-2)18-15(23)13(8-21)20-14(22)12-7-17-10-5-3-4-6-11(10)19-12/h3-7,9,13,21H,8H2,1-2H3,(H,18,23)(H,20,22)/t9-,13+/m1/s1. The summed E-state index contributed by atoms with van der Waals surface area (Å²) in [5, 5.41) is 14.0. The Balaban J connectivity index is 2.07. The zero-order valence-corrected chi connectivity index (χ0v) is 13.7. The van der Waals surface area contributed by atoms with Crippen molar-refractivity contribution in [3.63, 3.8) is 0 Å². The number of benzene rings is 1. The van der Waals surface area contributed by atoms with E-state index in [1.807, 2.05) is 0 Å². The van der Waals surface area contributed by atoms with Gasteiger partial charge in [0.15, 0.2) is 0 Å². The molecule has 0 aliphatic carbocycles. The van der Waals surface area contributed by atoms with Gasteiger partial charge >= 0.3 is 5.97 Å². The molecule has 0 bridgehead atoms. The highest BCUT2D eigenvalue weighted by atomic mass is 16.5. The Hall–Kier alpha value is -3.07. The first-order valence-electron chi connectivity index (χ1n) is 7.48. The summed E-state index contributed by atoms with van der Waals surface area (Å²) >= 11 is 0. The Labute approximate surface area is 143 Å². The molecule has 0 aliphatic rings. The number of fused-ring (bicyclic) bond motifs is 1. The minimum atomic E-state index is -1.24. The van der Waals surface area contributed by atoms with Gasteiger partial charge in [-0.05, 0) is 19.1 Å². The van der Waals surface area contributed by atoms with E-state index in [1.165, 1.54) is 20.2 Å². The topological polar surface area (TPSA) is 131 Å². The average Bonchev–Trinajstić information content (AvgIpc) is 2.64. The number of aliphatic hydroxyl groups excluding tert-OH is 1. The van der Waals surface area contributed by atoms with Crippen LogP contribution < -0.4 is 10.6 Å². The van der Waals surface area contributed by atoms with Gasteiger partial charge in [-0.2, -0.15) is 0 Å². The van der Waals surface area contributed by atoms with Gasteiger partial charge in [-0.3, -0.25) is 14.6 Å². The second-order valence-electron chi connectivity index (χ2n) is 5.21. The molecule has 0 fully saturated rings. The molecule has 2 amide bonds. The van der Waals surface area contributed by atoms with Gasteiger partial charge < -0.3 is 20.5 Å². The quantitative estimate of drug-likeness (QED) is 0.595. The zero-order valence-electron chi connectivity index (χ0n) is 13.7. The van der Waals surface area contributed by atoms with Crippen molar-refractivity contribution in [2.75, 3.05) is 13.7 Å². The molecule has 2 rings (SSSR count). The molecule has 3 N–H and O–H groups in total. The van der Waals surface area contributed by atoms with Crippen LogP contribution in [-0.2, 0) is 14.3 Å². The van der Waals surface area contributed by atoms with E-state index in [1.54, 1.807) is 24.3 Å². The molecular weight excluding hydrogens is 328 g/mol. The molecule has 0 radical (unpaired) electrons. The molecule has 2 aromatic rings. The Morgan fingerprint density at radius 3 is 2.52 bits per heavy atom. The third kappa shape index (κ3) is 4.48. The minimum absolute atomic E-state index is 0.00552. The van der Waals surface area contributed by atoms with Crippen molar-refractivity contribution in [1.29, 1.82) is 0 Å². The highest BCUT2D eigenvalue weighted by Gasteiger charge is 2.25. The van der Waals surface area contributed by atoms with Crippen molar-refractivity contribution in [2.45, 2.75) is 19.0 Å². The smallest absolute Gasteiger partial charge is 0.328 e. The molecule has 0 spiro atoms. The summed E-state index contributed by atoms with van der Waals surface area (Å²) in [5.74, 6) is -2.03. The monoisotopic (exact) mass is 346 g/mol. The fourth-order valence-electron chi connectivity index (χ4n) is 2.04. The van der Waals surface area contributed by atoms with E-state index >= 15 is 0 Å². The van der Waals surface area contributed by atoms with Crippen LogP contribution in [0.1, 0.15) is 17.4 Å². The molecule has 9 nitrogen and oxygen atoms in total. The average molecular weight is 346 g/mol. The number of methoxy groups -OCH3 is 1. The SMILES string of the molecule is COC(=O)[C@@H](C)NC(=O)[C@H](CO)NC(=O)c1cnc2ccccc2n1. The maximum Gasteiger partial charge on any atom is 0.328 e. The van der Waals surface area contributed by atoms with E-state index in [-0.39, 0.29) is 5.69 Å². The van der Waals surface area contributed by atoms with Gasteiger partial charge in [0, 0.05) is 0 Å². The molecule has 0 aliphatic heterocycles. The summed E-state index contributed by atoms with van der Waals surface area (Å²) in [6, 6.07) is 4.86. The van der Waals surface area contributed by atoms with Crippen molar-refractivity contribution in [2.24, 2.45) is 0 Å². The van der Waals surface area contributed by atoms with Gasteiger partial charge in [-0.25, -0.2) is 9.78 Å². The first-order chi connectivity index (χ1) is 12.0. The molecule has 0 unspecified atom stereocenters. The normalized spacial score (nSPS) is 12.9. The Morgan fingerprint density at radius 1 is 1.20 bits per heavy atom. The third-order valence-corrected chi connectivity index (χ3v) is 3.40. The molecule has 2 atom stereocenters. The first-order valence-corrected chi connectivity index (χ1v) is 7.48. The molecule has 0 saturated heterocycles.